The van der Waals surface area contributed by atoms with Gasteiger partial charge in [-0.3, -0.25) is 0 Å². The normalized spacial score (nSPS) is 16.6. The Morgan fingerprint density at radius 3 is 2.85 bits per heavy atom. The predicted octanol–water partition coefficient (Wildman–Crippen LogP) is 3.30. The highest BCUT2D eigenvalue weighted by atomic mass is 32.1. The maximum atomic E-state index is 11.4. The van der Waals surface area contributed by atoms with Crippen LogP contribution in [-0.2, 0) is 16.1 Å². The van der Waals surface area contributed by atoms with E-state index < -0.39 is 5.97 Å². The Labute approximate surface area is 120 Å². The van der Waals surface area contributed by atoms with Crippen molar-refractivity contribution in [1.82, 2.24) is 0 Å². The molecule has 1 saturated heterocycles. The minimum atomic E-state index is -0.878. The third-order valence-electron chi connectivity index (χ3n) is 3.52. The first-order valence-electron chi connectivity index (χ1n) is 6.69. The topological polar surface area (TPSA) is 55.8 Å². The van der Waals surface area contributed by atoms with Crippen LogP contribution in [0.15, 0.2) is 24.3 Å². The van der Waals surface area contributed by atoms with E-state index in [-0.39, 0.29) is 6.10 Å². The second-order valence-corrected chi connectivity index (χ2v) is 5.89. The number of thiophene rings is 1. The van der Waals surface area contributed by atoms with Gasteiger partial charge in [-0.2, -0.15) is 0 Å². The van der Waals surface area contributed by atoms with Crippen LogP contribution in [0, 0.1) is 0 Å². The summed E-state index contributed by atoms with van der Waals surface area (Å²) < 4.78 is 12.2. The summed E-state index contributed by atoms with van der Waals surface area (Å²) in [5.41, 5.74) is 0.796. The van der Waals surface area contributed by atoms with Gasteiger partial charge in [-0.15, -0.1) is 11.3 Å². The van der Waals surface area contributed by atoms with Crippen LogP contribution in [-0.4, -0.2) is 30.4 Å². The number of carboxylic acids is 1. The fourth-order valence-electron chi connectivity index (χ4n) is 2.46. The molecule has 5 heteroatoms. The van der Waals surface area contributed by atoms with E-state index in [1.807, 2.05) is 24.3 Å². The van der Waals surface area contributed by atoms with Gasteiger partial charge in [0.1, 0.15) is 4.88 Å². The molecule has 20 heavy (non-hydrogen) atoms. The van der Waals surface area contributed by atoms with Gasteiger partial charge in [0, 0.05) is 23.5 Å². The molecule has 0 saturated carbocycles. The molecular formula is C15H16O4S. The number of aromatic carboxylic acids is 1. The summed E-state index contributed by atoms with van der Waals surface area (Å²) >= 11 is 1.31. The summed E-state index contributed by atoms with van der Waals surface area (Å²) in [6.45, 7) is 1.80. The van der Waals surface area contributed by atoms with Gasteiger partial charge < -0.3 is 14.6 Å². The fraction of sp³-hybridized carbons (Fsp3) is 0.400. The number of hydrogen-bond acceptors (Lipinski definition) is 4. The van der Waals surface area contributed by atoms with Crippen molar-refractivity contribution in [3.63, 3.8) is 0 Å². The average molecular weight is 292 g/mol. The molecule has 1 aliphatic rings. The van der Waals surface area contributed by atoms with Crippen LogP contribution >= 0.6 is 11.3 Å². The molecule has 1 N–H and O–H groups in total. The molecule has 0 spiro atoms. The molecule has 0 unspecified atom stereocenters. The van der Waals surface area contributed by atoms with Crippen molar-refractivity contribution in [3.8, 4) is 0 Å². The maximum Gasteiger partial charge on any atom is 0.346 e. The van der Waals surface area contributed by atoms with Crippen LogP contribution in [0.25, 0.3) is 10.1 Å². The first-order valence-corrected chi connectivity index (χ1v) is 7.50. The summed E-state index contributed by atoms with van der Waals surface area (Å²) in [5, 5.41) is 10.3. The lowest BCUT2D eigenvalue weighted by Crippen LogP contribution is -2.23. The number of benzene rings is 1. The van der Waals surface area contributed by atoms with Gasteiger partial charge in [0.05, 0.1) is 12.7 Å². The van der Waals surface area contributed by atoms with Gasteiger partial charge in [-0.25, -0.2) is 4.79 Å². The van der Waals surface area contributed by atoms with Crippen molar-refractivity contribution in [2.45, 2.75) is 25.6 Å². The third-order valence-corrected chi connectivity index (χ3v) is 4.73. The molecule has 0 atom stereocenters. The number of carbonyl (C=O) groups is 1. The zero-order valence-corrected chi connectivity index (χ0v) is 11.8. The van der Waals surface area contributed by atoms with Gasteiger partial charge in [0.15, 0.2) is 0 Å². The van der Waals surface area contributed by atoms with E-state index in [1.165, 1.54) is 11.3 Å². The van der Waals surface area contributed by atoms with E-state index in [2.05, 4.69) is 0 Å². The smallest absolute Gasteiger partial charge is 0.346 e. The second-order valence-electron chi connectivity index (χ2n) is 4.83. The van der Waals surface area contributed by atoms with E-state index in [0.29, 0.717) is 11.5 Å². The summed E-state index contributed by atoms with van der Waals surface area (Å²) in [6.07, 6.45) is 1.93. The van der Waals surface area contributed by atoms with Crippen LogP contribution < -0.4 is 0 Å². The lowest BCUT2D eigenvalue weighted by Gasteiger charge is -2.22. The van der Waals surface area contributed by atoms with Gasteiger partial charge in [-0.1, -0.05) is 18.2 Å². The van der Waals surface area contributed by atoms with Crippen molar-refractivity contribution in [3.05, 3.63) is 34.7 Å². The van der Waals surface area contributed by atoms with Crippen LogP contribution in [0.2, 0.25) is 0 Å². The molecule has 1 aromatic carbocycles. The van der Waals surface area contributed by atoms with E-state index in [4.69, 9.17) is 9.47 Å². The average Bonchev–Trinajstić information content (AvgIpc) is 2.85. The first-order chi connectivity index (χ1) is 9.75. The molecule has 3 rings (SSSR count). The molecule has 2 aromatic rings. The highest BCUT2D eigenvalue weighted by Crippen LogP contribution is 2.32. The number of ether oxygens (including phenoxy) is 2. The molecule has 0 amide bonds. The Morgan fingerprint density at radius 2 is 2.10 bits per heavy atom. The van der Waals surface area contributed by atoms with E-state index in [1.54, 1.807) is 0 Å². The molecule has 1 fully saturated rings. The Kier molecular flexibility index (Phi) is 4.00. The summed E-state index contributed by atoms with van der Waals surface area (Å²) in [5.74, 6) is -0.878. The second kappa shape index (κ2) is 5.91. The molecule has 0 bridgehead atoms. The van der Waals surface area contributed by atoms with E-state index in [0.717, 1.165) is 41.7 Å². The highest BCUT2D eigenvalue weighted by Gasteiger charge is 2.20. The van der Waals surface area contributed by atoms with Gasteiger partial charge in [-0.05, 0) is 24.3 Å². The SMILES string of the molecule is O=C(O)c1sc2ccccc2c1COC1CCOCC1. The minimum absolute atomic E-state index is 0.170. The van der Waals surface area contributed by atoms with Crippen molar-refractivity contribution >= 4 is 27.4 Å². The molecule has 1 aliphatic heterocycles. The monoisotopic (exact) mass is 292 g/mol. The first kappa shape index (κ1) is 13.5. The molecule has 4 nitrogen and oxygen atoms in total. The van der Waals surface area contributed by atoms with E-state index in [9.17, 15) is 9.90 Å². The quantitative estimate of drug-likeness (QED) is 0.939. The number of rotatable bonds is 4. The Morgan fingerprint density at radius 1 is 1.35 bits per heavy atom. The lowest BCUT2D eigenvalue weighted by molar-refractivity contribution is -0.0388. The number of hydrogen-bond donors (Lipinski definition) is 1. The fourth-order valence-corrected chi connectivity index (χ4v) is 3.51. The van der Waals surface area contributed by atoms with Crippen molar-refractivity contribution in [2.24, 2.45) is 0 Å². The van der Waals surface area contributed by atoms with E-state index >= 15 is 0 Å². The van der Waals surface area contributed by atoms with Crippen LogP contribution in [0.1, 0.15) is 28.1 Å². The van der Waals surface area contributed by atoms with Crippen LogP contribution in [0.3, 0.4) is 0 Å². The minimum Gasteiger partial charge on any atom is -0.477 e. The van der Waals surface area contributed by atoms with Gasteiger partial charge in [0.25, 0.3) is 0 Å². The molecule has 2 heterocycles. The molecule has 1 aromatic heterocycles. The van der Waals surface area contributed by atoms with Gasteiger partial charge >= 0.3 is 5.97 Å². The zero-order chi connectivity index (χ0) is 13.9. The highest BCUT2D eigenvalue weighted by molar-refractivity contribution is 7.21. The Bertz CT molecular complexity index is 613. The van der Waals surface area contributed by atoms with Gasteiger partial charge in [0.2, 0.25) is 0 Å². The summed E-state index contributed by atoms with van der Waals surface area (Å²) in [4.78, 5) is 11.8. The number of fused-ring (bicyclic) bond motifs is 1. The Hall–Kier alpha value is -1.43. The van der Waals surface area contributed by atoms with Crippen LogP contribution in [0.5, 0.6) is 0 Å². The zero-order valence-electron chi connectivity index (χ0n) is 11.0. The summed E-state index contributed by atoms with van der Waals surface area (Å²) in [7, 11) is 0. The van der Waals surface area contributed by atoms with Crippen molar-refractivity contribution < 1.29 is 19.4 Å². The lowest BCUT2D eigenvalue weighted by atomic mass is 10.1. The largest absolute Gasteiger partial charge is 0.477 e. The molecule has 106 valence electrons. The maximum absolute atomic E-state index is 11.4. The molecule has 0 aliphatic carbocycles. The van der Waals surface area contributed by atoms with Crippen molar-refractivity contribution in [1.29, 1.82) is 0 Å². The standard InChI is InChI=1S/C15H16O4S/c16-15(17)14-12(9-19-10-5-7-18-8-6-10)11-3-1-2-4-13(11)20-14/h1-4,10H,5-9H2,(H,16,17). The summed E-state index contributed by atoms with van der Waals surface area (Å²) in [6, 6.07) is 7.76. The number of carboxylic acid groups (broad SMARTS) is 1. The third kappa shape index (κ3) is 2.70. The predicted molar refractivity (Wildman–Crippen MR) is 77.4 cm³/mol. The van der Waals surface area contributed by atoms with Crippen molar-refractivity contribution in [2.75, 3.05) is 13.2 Å². The molecule has 0 radical (unpaired) electrons. The molecular weight excluding hydrogens is 276 g/mol. The van der Waals surface area contributed by atoms with Crippen LogP contribution in [0.4, 0.5) is 0 Å². The Balaban J connectivity index is 1.84.